The summed E-state index contributed by atoms with van der Waals surface area (Å²) < 4.78 is 0. The Morgan fingerprint density at radius 1 is 1.17 bits per heavy atom. The first-order valence-corrected chi connectivity index (χ1v) is 9.75. The number of likely N-dealkylation sites (N-methyl/N-ethyl adjacent to an activating group) is 1. The highest BCUT2D eigenvalue weighted by Gasteiger charge is 2.23. The third-order valence-corrected chi connectivity index (χ3v) is 6.14. The molecular weight excluding hydrogens is 306 g/mol. The van der Waals surface area contributed by atoms with Crippen molar-refractivity contribution >= 4 is 23.4 Å². The van der Waals surface area contributed by atoms with Crippen LogP contribution in [0.3, 0.4) is 0 Å². The molecule has 0 radical (unpaired) electrons. The molecule has 1 aromatic carbocycles. The smallest absolute Gasteiger partial charge is 0.237 e. The lowest BCUT2D eigenvalue weighted by Gasteiger charge is -2.34. The van der Waals surface area contributed by atoms with Crippen LogP contribution >= 0.6 is 11.8 Å². The summed E-state index contributed by atoms with van der Waals surface area (Å²) in [5.74, 6) is 1.28. The summed E-state index contributed by atoms with van der Waals surface area (Å²) in [6, 6.07) is 8.36. The molecule has 1 atom stereocenters. The van der Waals surface area contributed by atoms with Crippen molar-refractivity contribution < 1.29 is 4.79 Å². The van der Waals surface area contributed by atoms with Gasteiger partial charge in [0.25, 0.3) is 0 Å². The summed E-state index contributed by atoms with van der Waals surface area (Å²) in [6.45, 7) is 9.02. The molecule has 4 nitrogen and oxygen atoms in total. The molecule has 2 aliphatic rings. The van der Waals surface area contributed by atoms with E-state index in [2.05, 4.69) is 34.2 Å². The highest BCUT2D eigenvalue weighted by Crippen LogP contribution is 2.27. The van der Waals surface area contributed by atoms with Crippen LogP contribution < -0.4 is 5.32 Å². The summed E-state index contributed by atoms with van der Waals surface area (Å²) in [7, 11) is 0. The highest BCUT2D eigenvalue weighted by molar-refractivity contribution is 8.00. The largest absolute Gasteiger partial charge is 0.325 e. The number of benzene rings is 1. The minimum absolute atomic E-state index is 0.143. The number of amides is 1. The monoisotopic (exact) mass is 333 g/mol. The Morgan fingerprint density at radius 2 is 1.87 bits per heavy atom. The van der Waals surface area contributed by atoms with Crippen LogP contribution in [0.15, 0.2) is 24.3 Å². The highest BCUT2D eigenvalue weighted by atomic mass is 32.2. The fourth-order valence-corrected chi connectivity index (χ4v) is 4.38. The number of carbonyl (C=O) groups is 1. The molecule has 126 valence electrons. The topological polar surface area (TPSA) is 35.6 Å². The fraction of sp³-hybridized carbons (Fsp3) is 0.611. The van der Waals surface area contributed by atoms with Gasteiger partial charge in [0, 0.05) is 38.4 Å². The molecule has 23 heavy (non-hydrogen) atoms. The van der Waals surface area contributed by atoms with E-state index in [1.54, 1.807) is 11.8 Å². The molecule has 0 saturated carbocycles. The average molecular weight is 334 g/mol. The third-order valence-electron chi connectivity index (χ3n) is 4.76. The number of rotatable bonds is 5. The molecule has 0 aromatic heterocycles. The Morgan fingerprint density at radius 3 is 2.48 bits per heavy atom. The van der Waals surface area contributed by atoms with Gasteiger partial charge < -0.3 is 10.2 Å². The Balaban J connectivity index is 1.48. The second-order valence-corrected chi connectivity index (χ2v) is 7.71. The van der Waals surface area contributed by atoms with Crippen molar-refractivity contribution in [3.05, 3.63) is 29.8 Å². The van der Waals surface area contributed by atoms with E-state index in [0.29, 0.717) is 0 Å². The second-order valence-electron chi connectivity index (χ2n) is 6.40. The second kappa shape index (κ2) is 8.18. The molecule has 2 saturated heterocycles. The van der Waals surface area contributed by atoms with E-state index >= 15 is 0 Å². The molecule has 0 aliphatic carbocycles. The molecule has 0 bridgehead atoms. The van der Waals surface area contributed by atoms with E-state index in [1.165, 1.54) is 18.7 Å². The van der Waals surface area contributed by atoms with Crippen molar-refractivity contribution in [2.75, 3.05) is 43.8 Å². The van der Waals surface area contributed by atoms with E-state index in [0.717, 1.165) is 50.5 Å². The third kappa shape index (κ3) is 4.72. The van der Waals surface area contributed by atoms with Crippen LogP contribution in [0.5, 0.6) is 0 Å². The Bertz CT molecular complexity index is 506. The van der Waals surface area contributed by atoms with Crippen LogP contribution in [-0.2, 0) is 11.3 Å². The summed E-state index contributed by atoms with van der Waals surface area (Å²) in [5, 5.41) is 3.19. The zero-order chi connectivity index (χ0) is 16.1. The maximum atomic E-state index is 12.1. The zero-order valence-corrected chi connectivity index (χ0v) is 14.8. The van der Waals surface area contributed by atoms with Gasteiger partial charge in [-0.1, -0.05) is 19.1 Å². The Labute approximate surface area is 143 Å². The number of nitrogens with one attached hydrogen (secondary N) is 1. The maximum absolute atomic E-state index is 12.1. The first-order valence-electron chi connectivity index (χ1n) is 8.70. The fourth-order valence-electron chi connectivity index (χ4n) is 3.22. The molecule has 2 aliphatic heterocycles. The molecule has 5 heteroatoms. The Kier molecular flexibility index (Phi) is 5.97. The van der Waals surface area contributed by atoms with Gasteiger partial charge in [0.1, 0.15) is 0 Å². The van der Waals surface area contributed by atoms with Crippen LogP contribution in [0.2, 0.25) is 0 Å². The van der Waals surface area contributed by atoms with Crippen molar-refractivity contribution in [2.24, 2.45) is 0 Å². The number of piperazine rings is 1. The molecule has 1 aromatic rings. The molecule has 0 spiro atoms. The van der Waals surface area contributed by atoms with Gasteiger partial charge >= 0.3 is 0 Å². The van der Waals surface area contributed by atoms with Crippen LogP contribution in [0, 0.1) is 0 Å². The lowest BCUT2D eigenvalue weighted by atomic mass is 10.1. The van der Waals surface area contributed by atoms with Gasteiger partial charge in [-0.15, -0.1) is 11.8 Å². The number of thioether (sulfide) groups is 1. The molecular formula is C18H27N3OS. The number of anilines is 1. The van der Waals surface area contributed by atoms with Gasteiger partial charge in [-0.05, 0) is 42.8 Å². The normalized spacial score (nSPS) is 23.1. The Hall–Kier alpha value is -1.04. The van der Waals surface area contributed by atoms with E-state index in [1.807, 2.05) is 12.1 Å². The zero-order valence-electron chi connectivity index (χ0n) is 14.0. The van der Waals surface area contributed by atoms with Crippen LogP contribution in [0.25, 0.3) is 0 Å². The summed E-state index contributed by atoms with van der Waals surface area (Å²) in [4.78, 5) is 17.1. The number of carbonyl (C=O) groups excluding carboxylic acids is 1. The predicted molar refractivity (Wildman–Crippen MR) is 97.9 cm³/mol. The summed E-state index contributed by atoms with van der Waals surface area (Å²) in [5.41, 5.74) is 2.24. The van der Waals surface area contributed by atoms with Gasteiger partial charge in [-0.25, -0.2) is 0 Å². The van der Waals surface area contributed by atoms with Crippen molar-refractivity contribution in [1.29, 1.82) is 0 Å². The maximum Gasteiger partial charge on any atom is 0.237 e. The van der Waals surface area contributed by atoms with Crippen molar-refractivity contribution in [3.8, 4) is 0 Å². The molecule has 1 N–H and O–H groups in total. The quantitative estimate of drug-likeness (QED) is 0.899. The lowest BCUT2D eigenvalue weighted by molar-refractivity contribution is -0.115. The predicted octanol–water partition coefficient (Wildman–Crippen LogP) is 2.66. The minimum Gasteiger partial charge on any atom is -0.325 e. The number of nitrogens with zero attached hydrogens (tertiary/aromatic N) is 2. The van der Waals surface area contributed by atoms with E-state index in [4.69, 9.17) is 0 Å². The average Bonchev–Trinajstić information content (AvgIpc) is 3.12. The number of hydrogen-bond acceptors (Lipinski definition) is 4. The van der Waals surface area contributed by atoms with Crippen molar-refractivity contribution in [3.63, 3.8) is 0 Å². The van der Waals surface area contributed by atoms with Crippen molar-refractivity contribution in [2.45, 2.75) is 31.6 Å². The van der Waals surface area contributed by atoms with Gasteiger partial charge in [0.15, 0.2) is 0 Å². The lowest BCUT2D eigenvalue weighted by Crippen LogP contribution is -2.45. The summed E-state index contributed by atoms with van der Waals surface area (Å²) >= 11 is 1.78. The first-order chi connectivity index (χ1) is 11.2. The van der Waals surface area contributed by atoms with Crippen LogP contribution in [-0.4, -0.2) is 59.4 Å². The van der Waals surface area contributed by atoms with Crippen LogP contribution in [0.1, 0.15) is 25.3 Å². The molecule has 3 rings (SSSR count). The van der Waals surface area contributed by atoms with E-state index in [9.17, 15) is 4.79 Å². The molecule has 2 heterocycles. The van der Waals surface area contributed by atoms with Gasteiger partial charge in [0.05, 0.1) is 5.25 Å². The SMILES string of the molecule is CCN1CCN(Cc2ccc(NC(=O)[C@@H]3CCCS3)cc2)CC1. The minimum atomic E-state index is 0.143. The molecule has 1 amide bonds. The van der Waals surface area contributed by atoms with E-state index < -0.39 is 0 Å². The van der Waals surface area contributed by atoms with Gasteiger partial charge in [-0.3, -0.25) is 9.69 Å². The molecule has 0 unspecified atom stereocenters. The first kappa shape index (κ1) is 16.8. The van der Waals surface area contributed by atoms with Crippen molar-refractivity contribution in [1.82, 2.24) is 9.80 Å². The van der Waals surface area contributed by atoms with Crippen LogP contribution in [0.4, 0.5) is 5.69 Å². The number of hydrogen-bond donors (Lipinski definition) is 1. The van der Waals surface area contributed by atoms with Gasteiger partial charge in [0.2, 0.25) is 5.91 Å². The standard InChI is InChI=1S/C18H27N3OS/c1-2-20-9-11-21(12-10-20)14-15-5-7-16(8-6-15)19-18(22)17-4-3-13-23-17/h5-8,17H,2-4,9-14H2,1H3,(H,19,22)/t17-/m0/s1. The van der Waals surface area contributed by atoms with Gasteiger partial charge in [-0.2, -0.15) is 0 Å². The molecule has 2 fully saturated rings. The van der Waals surface area contributed by atoms with E-state index in [-0.39, 0.29) is 11.2 Å². The summed E-state index contributed by atoms with van der Waals surface area (Å²) in [6.07, 6.45) is 2.17.